The first-order valence-electron chi connectivity index (χ1n) is 7.43. The van der Waals surface area contributed by atoms with Gasteiger partial charge in [0.1, 0.15) is 11.5 Å². The maximum Gasteiger partial charge on any atom is 0.127 e. The van der Waals surface area contributed by atoms with E-state index in [4.69, 9.17) is 4.74 Å². The van der Waals surface area contributed by atoms with Crippen LogP contribution in [0.15, 0.2) is 54.6 Å². The quantitative estimate of drug-likeness (QED) is 0.901. The van der Waals surface area contributed by atoms with Crippen molar-refractivity contribution < 1.29 is 4.74 Å². The first-order chi connectivity index (χ1) is 9.90. The first kappa shape index (κ1) is 15.9. The standard InChI is InChI=1S/C18H21NO.ClH/c1-2-6-17(7-3-1)20-18-10-8-15(9-11-18)13-16-5-4-12-19-14-16;/h1-3,6-11,16,19H,4-5,12-14H2;1H/t16-;/m1./s1. The average Bonchev–Trinajstić information content (AvgIpc) is 2.51. The molecule has 1 heterocycles. The summed E-state index contributed by atoms with van der Waals surface area (Å²) in [5.41, 5.74) is 1.40. The zero-order valence-electron chi connectivity index (χ0n) is 12.1. The minimum atomic E-state index is 0. The van der Waals surface area contributed by atoms with E-state index in [1.54, 1.807) is 0 Å². The summed E-state index contributed by atoms with van der Waals surface area (Å²) in [5, 5.41) is 3.47. The number of piperidine rings is 1. The Morgan fingerprint density at radius 1 is 0.952 bits per heavy atom. The molecule has 3 heteroatoms. The molecular weight excluding hydrogens is 282 g/mol. The lowest BCUT2D eigenvalue weighted by molar-refractivity contribution is 0.376. The van der Waals surface area contributed by atoms with Gasteiger partial charge in [-0.2, -0.15) is 0 Å². The third-order valence-corrected chi connectivity index (χ3v) is 3.83. The van der Waals surface area contributed by atoms with Crippen molar-refractivity contribution in [1.29, 1.82) is 0 Å². The van der Waals surface area contributed by atoms with Crippen LogP contribution in [-0.2, 0) is 6.42 Å². The number of para-hydroxylation sites is 1. The fourth-order valence-corrected chi connectivity index (χ4v) is 2.75. The van der Waals surface area contributed by atoms with Gasteiger partial charge in [-0.25, -0.2) is 0 Å². The molecule has 0 unspecified atom stereocenters. The maximum absolute atomic E-state index is 5.81. The Morgan fingerprint density at radius 3 is 2.33 bits per heavy atom. The van der Waals surface area contributed by atoms with Crippen molar-refractivity contribution >= 4 is 12.4 Å². The number of halogens is 1. The molecule has 1 fully saturated rings. The molecule has 1 atom stereocenters. The smallest absolute Gasteiger partial charge is 0.127 e. The molecule has 0 aromatic heterocycles. The molecule has 0 bridgehead atoms. The largest absolute Gasteiger partial charge is 0.457 e. The van der Waals surface area contributed by atoms with E-state index >= 15 is 0 Å². The molecule has 3 rings (SSSR count). The zero-order chi connectivity index (χ0) is 13.6. The number of ether oxygens (including phenoxy) is 1. The highest BCUT2D eigenvalue weighted by atomic mass is 35.5. The lowest BCUT2D eigenvalue weighted by atomic mass is 9.92. The van der Waals surface area contributed by atoms with Gasteiger partial charge < -0.3 is 10.1 Å². The van der Waals surface area contributed by atoms with E-state index in [1.807, 2.05) is 30.3 Å². The summed E-state index contributed by atoms with van der Waals surface area (Å²) < 4.78 is 5.81. The molecule has 2 aromatic rings. The Kier molecular flexibility index (Phi) is 6.09. The summed E-state index contributed by atoms with van der Waals surface area (Å²) in [6, 6.07) is 18.4. The molecule has 0 saturated carbocycles. The average molecular weight is 304 g/mol. The monoisotopic (exact) mass is 303 g/mol. The Hall–Kier alpha value is -1.51. The Bertz CT molecular complexity index is 521. The third kappa shape index (κ3) is 4.76. The number of rotatable bonds is 4. The lowest BCUT2D eigenvalue weighted by Gasteiger charge is -2.22. The normalized spacial score (nSPS) is 17.8. The molecule has 0 amide bonds. The zero-order valence-corrected chi connectivity index (χ0v) is 12.9. The summed E-state index contributed by atoms with van der Waals surface area (Å²) in [6.07, 6.45) is 3.81. The van der Waals surface area contributed by atoms with E-state index < -0.39 is 0 Å². The van der Waals surface area contributed by atoms with Crippen LogP contribution in [0.25, 0.3) is 0 Å². The molecule has 2 aromatic carbocycles. The molecule has 0 spiro atoms. The molecule has 0 aliphatic carbocycles. The van der Waals surface area contributed by atoms with E-state index in [1.165, 1.54) is 31.4 Å². The van der Waals surface area contributed by atoms with E-state index in [-0.39, 0.29) is 12.4 Å². The summed E-state index contributed by atoms with van der Waals surface area (Å²) in [7, 11) is 0. The lowest BCUT2D eigenvalue weighted by Crippen LogP contribution is -2.30. The molecule has 112 valence electrons. The van der Waals surface area contributed by atoms with Crippen molar-refractivity contribution in [2.75, 3.05) is 13.1 Å². The highest BCUT2D eigenvalue weighted by molar-refractivity contribution is 5.85. The van der Waals surface area contributed by atoms with E-state index in [2.05, 4.69) is 29.6 Å². The molecular formula is C18H22ClNO. The van der Waals surface area contributed by atoms with Gasteiger partial charge in [-0.1, -0.05) is 30.3 Å². The highest BCUT2D eigenvalue weighted by Crippen LogP contribution is 2.23. The number of hydrogen-bond donors (Lipinski definition) is 1. The topological polar surface area (TPSA) is 21.3 Å². The van der Waals surface area contributed by atoms with E-state index in [0.29, 0.717) is 0 Å². The second-order valence-corrected chi connectivity index (χ2v) is 5.48. The molecule has 1 N–H and O–H groups in total. The molecule has 2 nitrogen and oxygen atoms in total. The highest BCUT2D eigenvalue weighted by Gasteiger charge is 2.13. The summed E-state index contributed by atoms with van der Waals surface area (Å²) >= 11 is 0. The first-order valence-corrected chi connectivity index (χ1v) is 7.43. The Labute approximate surface area is 132 Å². The maximum atomic E-state index is 5.81. The van der Waals surface area contributed by atoms with Gasteiger partial charge in [0.2, 0.25) is 0 Å². The number of benzene rings is 2. The van der Waals surface area contributed by atoms with Crippen molar-refractivity contribution in [2.45, 2.75) is 19.3 Å². The number of nitrogens with one attached hydrogen (secondary N) is 1. The van der Waals surface area contributed by atoms with Gasteiger partial charge in [0.05, 0.1) is 0 Å². The summed E-state index contributed by atoms with van der Waals surface area (Å²) in [6.45, 7) is 2.34. The van der Waals surface area contributed by atoms with Crippen molar-refractivity contribution in [3.63, 3.8) is 0 Å². The molecule has 1 aliphatic heterocycles. The second kappa shape index (κ2) is 8.06. The summed E-state index contributed by atoms with van der Waals surface area (Å²) in [5.74, 6) is 2.57. The fraction of sp³-hybridized carbons (Fsp3) is 0.333. The van der Waals surface area contributed by atoms with Gasteiger partial charge >= 0.3 is 0 Å². The number of hydrogen-bond acceptors (Lipinski definition) is 2. The van der Waals surface area contributed by atoms with E-state index in [9.17, 15) is 0 Å². The van der Waals surface area contributed by atoms with Crippen molar-refractivity contribution in [3.05, 3.63) is 60.2 Å². The Balaban J connectivity index is 0.00000161. The van der Waals surface area contributed by atoms with Crippen LogP contribution < -0.4 is 10.1 Å². The van der Waals surface area contributed by atoms with Crippen LogP contribution in [0.2, 0.25) is 0 Å². The van der Waals surface area contributed by atoms with E-state index in [0.717, 1.165) is 24.0 Å². The van der Waals surface area contributed by atoms with Gasteiger partial charge in [-0.3, -0.25) is 0 Å². The van der Waals surface area contributed by atoms with Crippen LogP contribution in [0, 0.1) is 5.92 Å². The minimum absolute atomic E-state index is 0. The van der Waals surface area contributed by atoms with Gasteiger partial charge in [0.15, 0.2) is 0 Å². The fourth-order valence-electron chi connectivity index (χ4n) is 2.75. The van der Waals surface area contributed by atoms with Crippen LogP contribution in [0.1, 0.15) is 18.4 Å². The third-order valence-electron chi connectivity index (χ3n) is 3.83. The predicted molar refractivity (Wildman–Crippen MR) is 89.5 cm³/mol. The van der Waals surface area contributed by atoms with Crippen LogP contribution in [0.4, 0.5) is 0 Å². The molecule has 0 radical (unpaired) electrons. The van der Waals surface area contributed by atoms with Gasteiger partial charge in [-0.05, 0) is 68.1 Å². The predicted octanol–water partition coefficient (Wildman–Crippen LogP) is 4.44. The SMILES string of the molecule is Cl.c1ccc(Oc2ccc(C[C@H]3CCCNC3)cc2)cc1. The Morgan fingerprint density at radius 2 is 1.67 bits per heavy atom. The van der Waals surface area contributed by atoms with Gasteiger partial charge in [0, 0.05) is 0 Å². The van der Waals surface area contributed by atoms with Crippen LogP contribution in [-0.4, -0.2) is 13.1 Å². The van der Waals surface area contributed by atoms with Crippen molar-refractivity contribution in [2.24, 2.45) is 5.92 Å². The van der Waals surface area contributed by atoms with Crippen LogP contribution in [0.3, 0.4) is 0 Å². The molecule has 1 aliphatic rings. The van der Waals surface area contributed by atoms with Crippen LogP contribution >= 0.6 is 12.4 Å². The molecule has 1 saturated heterocycles. The van der Waals surface area contributed by atoms with Crippen molar-refractivity contribution in [3.8, 4) is 11.5 Å². The summed E-state index contributed by atoms with van der Waals surface area (Å²) in [4.78, 5) is 0. The second-order valence-electron chi connectivity index (χ2n) is 5.48. The minimum Gasteiger partial charge on any atom is -0.457 e. The molecule has 21 heavy (non-hydrogen) atoms. The van der Waals surface area contributed by atoms with Crippen LogP contribution in [0.5, 0.6) is 11.5 Å². The van der Waals surface area contributed by atoms with Gasteiger partial charge in [-0.15, -0.1) is 12.4 Å². The van der Waals surface area contributed by atoms with Gasteiger partial charge in [0.25, 0.3) is 0 Å². The van der Waals surface area contributed by atoms with Crippen molar-refractivity contribution in [1.82, 2.24) is 5.32 Å².